The molecule has 1 heterocycles. The van der Waals surface area contributed by atoms with Crippen LogP contribution >= 0.6 is 0 Å². The molecule has 29 heavy (non-hydrogen) atoms. The van der Waals surface area contributed by atoms with Crippen molar-refractivity contribution in [1.82, 2.24) is 5.32 Å². The van der Waals surface area contributed by atoms with Crippen molar-refractivity contribution in [3.8, 4) is 5.75 Å². The first-order valence-corrected chi connectivity index (χ1v) is 9.16. The summed E-state index contributed by atoms with van der Waals surface area (Å²) in [5.41, 5.74) is 0.354. The van der Waals surface area contributed by atoms with Crippen molar-refractivity contribution in [2.24, 2.45) is 5.92 Å². The number of ether oxygens (including phenoxy) is 1. The Kier molecular flexibility index (Phi) is 6.10. The second-order valence-electron chi connectivity index (χ2n) is 6.84. The first kappa shape index (κ1) is 20.7. The van der Waals surface area contributed by atoms with Gasteiger partial charge >= 0.3 is 6.18 Å². The van der Waals surface area contributed by atoms with Gasteiger partial charge in [-0.25, -0.2) is 0 Å². The molecule has 0 aromatic heterocycles. The fourth-order valence-corrected chi connectivity index (χ4v) is 3.25. The topological polar surface area (TPSA) is 58.6 Å². The van der Waals surface area contributed by atoms with Crippen molar-refractivity contribution < 1.29 is 27.5 Å². The summed E-state index contributed by atoms with van der Waals surface area (Å²) < 4.78 is 43.8. The van der Waals surface area contributed by atoms with Gasteiger partial charge in [0.2, 0.25) is 11.8 Å². The molecule has 0 bridgehead atoms. The predicted molar refractivity (Wildman–Crippen MR) is 102 cm³/mol. The Morgan fingerprint density at radius 3 is 2.59 bits per heavy atom. The maximum atomic E-state index is 12.9. The molecule has 1 saturated heterocycles. The molecule has 0 unspecified atom stereocenters. The Balaban J connectivity index is 1.56. The number of alkyl halides is 3. The molecule has 5 nitrogen and oxygen atoms in total. The fourth-order valence-electron chi connectivity index (χ4n) is 3.25. The van der Waals surface area contributed by atoms with Crippen molar-refractivity contribution in [1.29, 1.82) is 0 Å². The number of halogens is 3. The van der Waals surface area contributed by atoms with Crippen molar-refractivity contribution >= 4 is 17.5 Å². The van der Waals surface area contributed by atoms with Crippen LogP contribution in [0.5, 0.6) is 5.75 Å². The summed E-state index contributed by atoms with van der Waals surface area (Å²) in [5.74, 6) is -0.481. The molecule has 1 N–H and O–H groups in total. The van der Waals surface area contributed by atoms with Gasteiger partial charge in [0, 0.05) is 25.2 Å². The zero-order chi connectivity index (χ0) is 21.0. The molecule has 0 saturated carbocycles. The first-order valence-electron chi connectivity index (χ1n) is 9.16. The van der Waals surface area contributed by atoms with Crippen LogP contribution in [-0.2, 0) is 22.2 Å². The molecule has 2 amide bonds. The van der Waals surface area contributed by atoms with Gasteiger partial charge < -0.3 is 15.0 Å². The third-order valence-corrected chi connectivity index (χ3v) is 4.85. The van der Waals surface area contributed by atoms with Gasteiger partial charge in [-0.05, 0) is 42.3 Å². The molecule has 2 aromatic rings. The second-order valence-corrected chi connectivity index (χ2v) is 6.84. The third kappa shape index (κ3) is 5.07. The number of carbonyl (C=O) groups is 2. The molecule has 1 aliphatic rings. The van der Waals surface area contributed by atoms with Gasteiger partial charge in [-0.15, -0.1) is 0 Å². The minimum Gasteiger partial charge on any atom is -0.497 e. The number of nitrogens with zero attached hydrogens (tertiary/aromatic N) is 1. The van der Waals surface area contributed by atoms with E-state index in [4.69, 9.17) is 4.74 Å². The van der Waals surface area contributed by atoms with E-state index in [1.165, 1.54) is 17.0 Å². The Labute approximate surface area is 166 Å². The van der Waals surface area contributed by atoms with E-state index >= 15 is 0 Å². The predicted octanol–water partition coefficient (Wildman–Crippen LogP) is 3.43. The van der Waals surface area contributed by atoms with Crippen LogP contribution in [-0.4, -0.2) is 32.0 Å². The second kappa shape index (κ2) is 8.55. The highest BCUT2D eigenvalue weighted by Gasteiger charge is 2.36. The molecule has 154 valence electrons. The molecule has 3 rings (SSSR count). The van der Waals surface area contributed by atoms with Crippen molar-refractivity contribution in [3.63, 3.8) is 0 Å². The molecule has 1 aliphatic heterocycles. The number of carbonyl (C=O) groups excluding carboxylic acids is 2. The minimum atomic E-state index is -4.49. The van der Waals surface area contributed by atoms with Gasteiger partial charge in [-0.1, -0.05) is 18.2 Å². The Hall–Kier alpha value is -3.03. The van der Waals surface area contributed by atoms with Crippen LogP contribution in [0.4, 0.5) is 18.9 Å². The maximum Gasteiger partial charge on any atom is 0.416 e. The van der Waals surface area contributed by atoms with E-state index in [2.05, 4.69) is 5.32 Å². The number of anilines is 1. The summed E-state index contributed by atoms with van der Waals surface area (Å²) in [6, 6.07) is 12.1. The van der Waals surface area contributed by atoms with E-state index in [0.29, 0.717) is 13.0 Å². The highest BCUT2D eigenvalue weighted by Crippen LogP contribution is 2.33. The van der Waals surface area contributed by atoms with Crippen LogP contribution in [0.25, 0.3) is 0 Å². The molecule has 2 aromatic carbocycles. The van der Waals surface area contributed by atoms with Gasteiger partial charge in [0.05, 0.1) is 18.6 Å². The highest BCUT2D eigenvalue weighted by molar-refractivity contribution is 6.00. The lowest BCUT2D eigenvalue weighted by molar-refractivity contribution is -0.137. The van der Waals surface area contributed by atoms with E-state index in [1.54, 1.807) is 7.11 Å². The van der Waals surface area contributed by atoms with Crippen LogP contribution in [0.2, 0.25) is 0 Å². The summed E-state index contributed by atoms with van der Waals surface area (Å²) in [4.78, 5) is 25.9. The summed E-state index contributed by atoms with van der Waals surface area (Å²) in [6.45, 7) is 0.466. The average Bonchev–Trinajstić information content (AvgIpc) is 3.10. The van der Waals surface area contributed by atoms with Gasteiger partial charge in [-0.3, -0.25) is 9.59 Å². The van der Waals surface area contributed by atoms with Crippen molar-refractivity contribution in [3.05, 3.63) is 59.7 Å². The molecular weight excluding hydrogens is 385 g/mol. The van der Waals surface area contributed by atoms with Gasteiger partial charge in [0.1, 0.15) is 5.75 Å². The van der Waals surface area contributed by atoms with Crippen LogP contribution in [0, 0.1) is 5.92 Å². The molecule has 1 atom stereocenters. The number of hydrogen-bond donors (Lipinski definition) is 1. The number of amides is 2. The normalized spacial score (nSPS) is 16.8. The lowest BCUT2D eigenvalue weighted by atomic mass is 10.1. The number of rotatable bonds is 6. The highest BCUT2D eigenvalue weighted by atomic mass is 19.4. The van der Waals surface area contributed by atoms with Gasteiger partial charge in [-0.2, -0.15) is 13.2 Å². The molecule has 0 radical (unpaired) electrons. The number of methoxy groups -OCH3 is 1. The first-order chi connectivity index (χ1) is 13.8. The van der Waals surface area contributed by atoms with E-state index in [1.807, 2.05) is 24.3 Å². The van der Waals surface area contributed by atoms with Gasteiger partial charge in [0.15, 0.2) is 0 Å². The van der Waals surface area contributed by atoms with Crippen molar-refractivity contribution in [2.45, 2.75) is 19.0 Å². The lowest BCUT2D eigenvalue weighted by Crippen LogP contribution is -2.34. The number of benzene rings is 2. The summed E-state index contributed by atoms with van der Waals surface area (Å²) in [6.07, 6.45) is -3.89. The number of hydrogen-bond acceptors (Lipinski definition) is 3. The third-order valence-electron chi connectivity index (χ3n) is 4.85. The molecular formula is C21H21F3N2O3. The average molecular weight is 406 g/mol. The molecule has 0 aliphatic carbocycles. The fraction of sp³-hybridized carbons (Fsp3) is 0.333. The largest absolute Gasteiger partial charge is 0.497 e. The van der Waals surface area contributed by atoms with Crippen LogP contribution < -0.4 is 15.0 Å². The zero-order valence-corrected chi connectivity index (χ0v) is 15.8. The quantitative estimate of drug-likeness (QED) is 0.800. The van der Waals surface area contributed by atoms with Crippen LogP contribution in [0.15, 0.2) is 48.5 Å². The Morgan fingerprint density at radius 2 is 1.93 bits per heavy atom. The van der Waals surface area contributed by atoms with Crippen molar-refractivity contribution in [2.75, 3.05) is 25.1 Å². The smallest absolute Gasteiger partial charge is 0.416 e. The Morgan fingerprint density at radius 1 is 1.21 bits per heavy atom. The van der Waals surface area contributed by atoms with E-state index in [-0.39, 0.29) is 30.5 Å². The van der Waals surface area contributed by atoms with Crippen LogP contribution in [0.1, 0.15) is 17.5 Å². The number of nitrogens with one attached hydrogen (secondary N) is 1. The standard InChI is InChI=1S/C21H21F3N2O3/c1-29-18-7-5-14(6-8-18)9-10-25-20(28)15-11-19(27)26(13-15)17-4-2-3-16(12-17)21(22,23)24/h2-8,12,15H,9-11,13H2,1H3,(H,25,28)/t15-/m0/s1. The van der Waals surface area contributed by atoms with Crippen LogP contribution in [0.3, 0.4) is 0 Å². The zero-order valence-electron chi connectivity index (χ0n) is 15.8. The maximum absolute atomic E-state index is 12.9. The SMILES string of the molecule is COc1ccc(CCNC(=O)[C@H]2CC(=O)N(c3cccc(C(F)(F)F)c3)C2)cc1. The van der Waals surface area contributed by atoms with E-state index in [0.717, 1.165) is 23.4 Å². The minimum absolute atomic E-state index is 0.0232. The van der Waals surface area contributed by atoms with Gasteiger partial charge in [0.25, 0.3) is 0 Å². The molecule has 8 heteroatoms. The Bertz CT molecular complexity index is 881. The monoisotopic (exact) mass is 406 g/mol. The molecule has 1 fully saturated rings. The van der Waals surface area contributed by atoms with E-state index < -0.39 is 17.7 Å². The van der Waals surface area contributed by atoms with E-state index in [9.17, 15) is 22.8 Å². The summed E-state index contributed by atoms with van der Waals surface area (Å²) >= 11 is 0. The lowest BCUT2D eigenvalue weighted by Gasteiger charge is -2.18. The summed E-state index contributed by atoms with van der Waals surface area (Å²) in [5, 5.41) is 2.80. The summed E-state index contributed by atoms with van der Waals surface area (Å²) in [7, 11) is 1.58. The molecule has 0 spiro atoms.